The summed E-state index contributed by atoms with van der Waals surface area (Å²) in [7, 11) is -4.27. The molecular weight excluding hydrogens is 466 g/mol. The number of rotatable bonds is 2. The zero-order chi connectivity index (χ0) is 23.9. The maximum absolute atomic E-state index is 10.4. The van der Waals surface area contributed by atoms with Gasteiger partial charge >= 0.3 is 0 Å². The van der Waals surface area contributed by atoms with Crippen molar-refractivity contribution in [1.29, 1.82) is 0 Å². The molecule has 4 aromatic heterocycles. The fourth-order valence-electron chi connectivity index (χ4n) is 3.91. The van der Waals surface area contributed by atoms with Crippen LogP contribution in [0.1, 0.15) is 11.1 Å². The Morgan fingerprint density at radius 1 is 0.941 bits per heavy atom. The molecule has 6 nitrogen and oxygen atoms in total. The van der Waals surface area contributed by atoms with E-state index < -0.39 is 10.1 Å². The van der Waals surface area contributed by atoms with Gasteiger partial charge in [0, 0.05) is 22.9 Å². The maximum Gasteiger partial charge on any atom is 0.262 e. The first-order valence-corrected chi connectivity index (χ1v) is 12.9. The summed E-state index contributed by atoms with van der Waals surface area (Å²) in [5.41, 5.74) is 6.52. The number of hydrogen-bond acceptors (Lipinski definition) is 5. The Kier molecular flexibility index (Phi) is 5.65. The molecule has 170 valence electrons. The van der Waals surface area contributed by atoms with Gasteiger partial charge in [0.15, 0.2) is 0 Å². The first-order valence-electron chi connectivity index (χ1n) is 10.6. The summed E-state index contributed by atoms with van der Waals surface area (Å²) in [6.07, 6.45) is 2.09. The zero-order valence-corrected chi connectivity index (χ0v) is 20.2. The van der Waals surface area contributed by atoms with Crippen LogP contribution in [0.15, 0.2) is 89.3 Å². The molecule has 0 saturated carbocycles. The van der Waals surface area contributed by atoms with Crippen molar-refractivity contribution in [2.45, 2.75) is 18.7 Å². The van der Waals surface area contributed by atoms with Crippen LogP contribution in [0.2, 0.25) is 0 Å². The molecule has 0 bridgehead atoms. The average Bonchev–Trinajstić information content (AvgIpc) is 3.47. The first-order chi connectivity index (χ1) is 16.3. The Balaban J connectivity index is 0.000000186. The normalized spacial score (nSPS) is 11.6. The van der Waals surface area contributed by atoms with Gasteiger partial charge in [-0.2, -0.15) is 5.10 Å². The minimum atomic E-state index is -4.27. The molecular formula is C26H21N3O3S2. The smallest absolute Gasteiger partial charge is 0.262 e. The maximum atomic E-state index is 10.4. The van der Waals surface area contributed by atoms with Crippen LogP contribution in [0, 0.1) is 13.8 Å². The highest BCUT2D eigenvalue weighted by Gasteiger charge is 2.17. The summed E-state index contributed by atoms with van der Waals surface area (Å²) in [5.74, 6) is 0. The molecule has 0 spiro atoms. The highest BCUT2D eigenvalue weighted by Crippen LogP contribution is 2.29. The van der Waals surface area contributed by atoms with E-state index in [9.17, 15) is 13.0 Å². The lowest BCUT2D eigenvalue weighted by molar-refractivity contribution is -0.578. The topological polar surface area (TPSA) is 90.0 Å². The van der Waals surface area contributed by atoms with E-state index in [1.165, 1.54) is 33.3 Å². The van der Waals surface area contributed by atoms with Crippen molar-refractivity contribution in [2.24, 2.45) is 0 Å². The Morgan fingerprint density at radius 3 is 2.41 bits per heavy atom. The van der Waals surface area contributed by atoms with E-state index in [0.717, 1.165) is 27.8 Å². The number of benzene rings is 2. The van der Waals surface area contributed by atoms with E-state index in [-0.39, 0.29) is 4.90 Å². The molecule has 8 heteroatoms. The Bertz CT molecular complexity index is 1740. The second kappa shape index (κ2) is 8.64. The zero-order valence-electron chi connectivity index (χ0n) is 18.5. The lowest BCUT2D eigenvalue weighted by Crippen LogP contribution is -2.27. The molecule has 0 fully saturated rings. The number of nitrogens with one attached hydrogen (secondary N) is 1. The van der Waals surface area contributed by atoms with Crippen LogP contribution in [0.25, 0.3) is 37.9 Å². The number of aryl methyl sites for hydroxylation is 2. The lowest BCUT2D eigenvalue weighted by Gasteiger charge is -2.05. The molecule has 6 rings (SSSR count). The van der Waals surface area contributed by atoms with E-state index in [2.05, 4.69) is 70.6 Å². The Morgan fingerprint density at radius 2 is 1.71 bits per heavy atom. The van der Waals surface area contributed by atoms with Crippen LogP contribution in [-0.4, -0.2) is 23.1 Å². The molecule has 0 aliphatic heterocycles. The molecule has 4 heterocycles. The van der Waals surface area contributed by atoms with Gasteiger partial charge < -0.3 is 4.55 Å². The van der Waals surface area contributed by atoms with Gasteiger partial charge in [-0.05, 0) is 49.1 Å². The van der Waals surface area contributed by atoms with Crippen molar-refractivity contribution < 1.29 is 17.5 Å². The van der Waals surface area contributed by atoms with Gasteiger partial charge in [-0.25, -0.2) is 13.4 Å². The van der Waals surface area contributed by atoms with Crippen LogP contribution in [0.4, 0.5) is 0 Å². The summed E-state index contributed by atoms with van der Waals surface area (Å²) in [4.78, 5) is 5.91. The minimum Gasteiger partial charge on any atom is -0.744 e. The molecule has 0 unspecified atom stereocenters. The average molecular weight is 488 g/mol. The molecule has 34 heavy (non-hydrogen) atoms. The van der Waals surface area contributed by atoms with Crippen LogP contribution >= 0.6 is 11.3 Å². The lowest BCUT2D eigenvalue weighted by atomic mass is 10.1. The monoisotopic (exact) mass is 487 g/mol. The SMILES string of the molecule is Cc1cc2c3nc4ccccc4c3cc[n+]2[nH]c1-c1cccs1.Cc1ccc(S(=O)(=O)[O-])cc1. The number of H-pyrrole nitrogens is 1. The van der Waals surface area contributed by atoms with Crippen molar-refractivity contribution in [3.05, 3.63) is 95.5 Å². The second-order valence-electron chi connectivity index (χ2n) is 8.02. The van der Waals surface area contributed by atoms with Crippen molar-refractivity contribution in [2.75, 3.05) is 0 Å². The molecule has 2 aromatic carbocycles. The van der Waals surface area contributed by atoms with E-state index in [0.29, 0.717) is 0 Å². The number of hydrogen-bond donors (Lipinski definition) is 1. The van der Waals surface area contributed by atoms with E-state index in [4.69, 9.17) is 4.98 Å². The van der Waals surface area contributed by atoms with Crippen molar-refractivity contribution in [1.82, 2.24) is 10.1 Å². The molecule has 0 amide bonds. The van der Waals surface area contributed by atoms with Crippen LogP contribution < -0.4 is 4.52 Å². The van der Waals surface area contributed by atoms with Crippen LogP contribution in [0.3, 0.4) is 0 Å². The summed E-state index contributed by atoms with van der Waals surface area (Å²) < 4.78 is 33.2. The van der Waals surface area contributed by atoms with Gasteiger partial charge in [0.2, 0.25) is 6.20 Å². The predicted molar refractivity (Wildman–Crippen MR) is 134 cm³/mol. The molecule has 1 N–H and O–H groups in total. The summed E-state index contributed by atoms with van der Waals surface area (Å²) in [6.45, 7) is 3.97. The highest BCUT2D eigenvalue weighted by atomic mass is 32.2. The van der Waals surface area contributed by atoms with Crippen LogP contribution in [0.5, 0.6) is 0 Å². The molecule has 0 radical (unpaired) electrons. The summed E-state index contributed by atoms with van der Waals surface area (Å²) in [5, 5.41) is 8.04. The fraction of sp³-hybridized carbons (Fsp3) is 0.0769. The van der Waals surface area contributed by atoms with Gasteiger partial charge in [-0.15, -0.1) is 11.3 Å². The Labute approximate surface area is 200 Å². The largest absolute Gasteiger partial charge is 0.744 e. The van der Waals surface area contributed by atoms with Gasteiger partial charge in [0.1, 0.15) is 21.3 Å². The number of fused-ring (bicyclic) bond motifs is 5. The molecule has 0 aliphatic carbocycles. The summed E-state index contributed by atoms with van der Waals surface area (Å²) >= 11 is 1.75. The Hall–Kier alpha value is -3.59. The molecule has 0 saturated heterocycles. The highest BCUT2D eigenvalue weighted by molar-refractivity contribution is 7.85. The number of aromatic nitrogens is 3. The van der Waals surface area contributed by atoms with E-state index in [1.54, 1.807) is 23.5 Å². The quantitative estimate of drug-likeness (QED) is 0.262. The third-order valence-electron chi connectivity index (χ3n) is 5.63. The van der Waals surface area contributed by atoms with Gasteiger partial charge in [-0.1, -0.05) is 46.5 Å². The third kappa shape index (κ3) is 4.19. The number of nitrogens with zero attached hydrogens (tertiary/aromatic N) is 2. The second-order valence-corrected chi connectivity index (χ2v) is 10.3. The molecule has 0 aliphatic rings. The number of para-hydroxylation sites is 1. The van der Waals surface area contributed by atoms with Gasteiger partial charge in [0.05, 0.1) is 15.3 Å². The summed E-state index contributed by atoms with van der Waals surface area (Å²) in [6, 6.07) is 22.7. The fourth-order valence-corrected chi connectivity index (χ4v) is 5.17. The van der Waals surface area contributed by atoms with Gasteiger partial charge in [0.25, 0.3) is 5.52 Å². The minimum absolute atomic E-state index is 0.178. The molecule has 6 aromatic rings. The standard InChI is InChI=1S/C19H13N3S.C7H8O3S/c1-12-11-16-19-14(13-5-2-3-6-15(13)20-19)8-9-22(16)21-18(12)17-7-4-10-23-17;1-6-2-4-7(5-3-6)11(8,9)10/h2-11H,1H3;2-5H,1H3,(H,8,9,10). The van der Waals surface area contributed by atoms with Crippen molar-refractivity contribution in [3.8, 4) is 10.6 Å². The first kappa shape index (κ1) is 22.2. The van der Waals surface area contributed by atoms with E-state index >= 15 is 0 Å². The number of pyridine rings is 1. The van der Waals surface area contributed by atoms with Crippen molar-refractivity contribution >= 4 is 48.8 Å². The molecule has 0 atom stereocenters. The van der Waals surface area contributed by atoms with Gasteiger partial charge in [-0.3, -0.25) is 0 Å². The predicted octanol–water partition coefficient (Wildman–Crippen LogP) is 5.39. The third-order valence-corrected chi connectivity index (χ3v) is 7.37. The van der Waals surface area contributed by atoms with Crippen LogP contribution in [-0.2, 0) is 10.1 Å². The number of aromatic amines is 1. The number of thiophene rings is 1. The van der Waals surface area contributed by atoms with Crippen molar-refractivity contribution in [3.63, 3.8) is 0 Å². The van der Waals surface area contributed by atoms with E-state index in [1.807, 2.05) is 13.0 Å².